The molecule has 1 nitrogen and oxygen atoms in total. The average Bonchev–Trinajstić information content (AvgIpc) is 3.53. The van der Waals surface area contributed by atoms with Crippen LogP contribution in [0.15, 0.2) is 164 Å². The molecule has 3 aliphatic rings. The topological polar surface area (TPSA) is 3.24 Å². The van der Waals surface area contributed by atoms with E-state index < -0.39 is 5.41 Å². The predicted octanol–water partition coefficient (Wildman–Crippen LogP) is 14.4. The highest BCUT2D eigenvalue weighted by Crippen LogP contribution is 2.59. The van der Waals surface area contributed by atoms with E-state index in [9.17, 15) is 0 Å². The lowest BCUT2D eigenvalue weighted by atomic mass is 9.63. The van der Waals surface area contributed by atoms with Gasteiger partial charge in [0, 0.05) is 16.9 Å². The zero-order valence-corrected chi connectivity index (χ0v) is 33.3. The summed E-state index contributed by atoms with van der Waals surface area (Å²) in [5.74, 6) is 0. The highest BCUT2D eigenvalue weighted by Gasteiger charge is 2.47. The molecule has 0 saturated carbocycles. The van der Waals surface area contributed by atoms with Gasteiger partial charge in [0.05, 0.1) is 11.1 Å². The van der Waals surface area contributed by atoms with Crippen LogP contribution in [0.2, 0.25) is 0 Å². The summed E-state index contributed by atoms with van der Waals surface area (Å²) in [5, 5.41) is 0. The van der Waals surface area contributed by atoms with E-state index >= 15 is 0 Å². The second-order valence-electron chi connectivity index (χ2n) is 17.8. The molecule has 0 aromatic heterocycles. The van der Waals surface area contributed by atoms with Crippen LogP contribution in [0.3, 0.4) is 0 Å². The van der Waals surface area contributed by atoms with Crippen molar-refractivity contribution < 1.29 is 0 Å². The normalized spacial score (nSPS) is 16.9. The molecule has 0 spiro atoms. The summed E-state index contributed by atoms with van der Waals surface area (Å²) < 4.78 is 0. The van der Waals surface area contributed by atoms with E-state index in [1.807, 2.05) is 0 Å². The number of aryl methyl sites for hydroxylation is 2. The summed E-state index contributed by atoms with van der Waals surface area (Å²) in [6, 6.07) is 62.5. The second kappa shape index (κ2) is 13.2. The number of para-hydroxylation sites is 1. The molecule has 3 aliphatic carbocycles. The van der Waals surface area contributed by atoms with E-state index in [1.54, 1.807) is 0 Å². The van der Waals surface area contributed by atoms with E-state index in [0.717, 1.165) is 6.42 Å². The van der Waals surface area contributed by atoms with E-state index in [-0.39, 0.29) is 10.8 Å². The van der Waals surface area contributed by atoms with Crippen LogP contribution < -0.4 is 4.90 Å². The molecule has 7 aromatic rings. The summed E-state index contributed by atoms with van der Waals surface area (Å²) in [5.41, 5.74) is 19.7. The van der Waals surface area contributed by atoms with Gasteiger partial charge in [0.25, 0.3) is 0 Å². The number of anilines is 3. The number of fused-ring (bicyclic) bond motifs is 5. The largest absolute Gasteiger partial charge is 0.310 e. The smallest absolute Gasteiger partial charge is 0.0714 e. The first-order valence-corrected chi connectivity index (χ1v) is 20.8. The zero-order valence-electron chi connectivity index (χ0n) is 33.3. The van der Waals surface area contributed by atoms with Gasteiger partial charge in [-0.05, 0) is 147 Å². The van der Waals surface area contributed by atoms with Crippen LogP contribution >= 0.6 is 0 Å². The fourth-order valence-corrected chi connectivity index (χ4v) is 10.5. The lowest BCUT2D eigenvalue weighted by Crippen LogP contribution is -2.33. The molecule has 0 radical (unpaired) electrons. The first-order chi connectivity index (χ1) is 27.3. The van der Waals surface area contributed by atoms with Gasteiger partial charge in [0.2, 0.25) is 0 Å². The van der Waals surface area contributed by atoms with Gasteiger partial charge in [-0.3, -0.25) is 0 Å². The van der Waals surface area contributed by atoms with Crippen LogP contribution in [0.5, 0.6) is 0 Å². The molecule has 0 saturated heterocycles. The molecular weight excluding hydrogens is 675 g/mol. The zero-order chi connectivity index (χ0) is 38.1. The van der Waals surface area contributed by atoms with Crippen molar-refractivity contribution in [3.63, 3.8) is 0 Å². The number of benzene rings is 7. The van der Waals surface area contributed by atoms with E-state index in [1.165, 1.54) is 116 Å². The summed E-state index contributed by atoms with van der Waals surface area (Å²) in [6.45, 7) is 9.75. The third kappa shape index (κ3) is 5.42. The minimum atomic E-state index is -0.498. The number of nitrogens with zero attached hydrogens (tertiary/aromatic N) is 1. The fourth-order valence-electron chi connectivity index (χ4n) is 10.5. The van der Waals surface area contributed by atoms with Gasteiger partial charge in [-0.2, -0.15) is 0 Å². The molecule has 10 rings (SSSR count). The van der Waals surface area contributed by atoms with Crippen molar-refractivity contribution in [3.8, 4) is 22.3 Å². The Labute approximate surface area is 333 Å². The molecular formula is C55H51N. The standard InChI is InChI=1S/C55H51N/c1-53(2)32-33-54(3,4)51-35-40(29-31-49(51)53)46-36-47-45-26-16-17-27-48(45)55(41-20-8-5-9-21-41,42-22-10-6-11-23-42)50(47)37-52(46)56(43-24-12-7-13-25-43)44-30-28-38-18-14-15-19-39(38)34-44/h5-13,16-17,20-31,34-37H,14-15,18-19,32-33H2,1-4H3. The Morgan fingerprint density at radius 1 is 0.411 bits per heavy atom. The molecule has 0 aliphatic heterocycles. The molecule has 0 unspecified atom stereocenters. The minimum Gasteiger partial charge on any atom is -0.310 e. The molecule has 56 heavy (non-hydrogen) atoms. The Bertz CT molecular complexity index is 2540. The average molecular weight is 726 g/mol. The number of hydrogen-bond acceptors (Lipinski definition) is 1. The summed E-state index contributed by atoms with van der Waals surface area (Å²) in [7, 11) is 0. The van der Waals surface area contributed by atoms with Crippen molar-refractivity contribution in [2.45, 2.75) is 82.5 Å². The SMILES string of the molecule is CC1(C)CCC(C)(C)c2cc(-c3cc4c(cc3N(c3ccccc3)c3ccc5c(c3)CCCC5)C(c3ccccc3)(c3ccccc3)c3ccccc3-4)ccc21. The van der Waals surface area contributed by atoms with Crippen LogP contribution in [-0.4, -0.2) is 0 Å². The van der Waals surface area contributed by atoms with Crippen molar-refractivity contribution in [3.05, 3.63) is 208 Å². The van der Waals surface area contributed by atoms with Crippen LogP contribution in [0, 0.1) is 0 Å². The van der Waals surface area contributed by atoms with Gasteiger partial charge in [0.1, 0.15) is 0 Å². The number of rotatable bonds is 6. The van der Waals surface area contributed by atoms with Gasteiger partial charge < -0.3 is 4.90 Å². The Morgan fingerprint density at radius 2 is 1.02 bits per heavy atom. The molecule has 0 bridgehead atoms. The lowest BCUT2D eigenvalue weighted by molar-refractivity contribution is 0.332. The van der Waals surface area contributed by atoms with Crippen LogP contribution in [-0.2, 0) is 29.1 Å². The molecule has 1 heteroatoms. The summed E-state index contributed by atoms with van der Waals surface area (Å²) in [6.07, 6.45) is 7.22. The monoisotopic (exact) mass is 725 g/mol. The van der Waals surface area contributed by atoms with Crippen LogP contribution in [0.25, 0.3) is 22.3 Å². The fraction of sp³-hybridized carbons (Fsp3) is 0.236. The predicted molar refractivity (Wildman–Crippen MR) is 236 cm³/mol. The van der Waals surface area contributed by atoms with Crippen molar-refractivity contribution in [2.24, 2.45) is 0 Å². The highest BCUT2D eigenvalue weighted by molar-refractivity contribution is 5.96. The van der Waals surface area contributed by atoms with Crippen molar-refractivity contribution >= 4 is 17.1 Å². The Balaban J connectivity index is 1.33. The van der Waals surface area contributed by atoms with E-state index in [4.69, 9.17) is 0 Å². The maximum atomic E-state index is 2.58. The van der Waals surface area contributed by atoms with Crippen molar-refractivity contribution in [1.29, 1.82) is 0 Å². The van der Waals surface area contributed by atoms with E-state index in [2.05, 4.69) is 196 Å². The lowest BCUT2D eigenvalue weighted by Gasteiger charge is -2.42. The molecule has 0 heterocycles. The Morgan fingerprint density at radius 3 is 1.71 bits per heavy atom. The van der Waals surface area contributed by atoms with E-state index in [0.29, 0.717) is 0 Å². The van der Waals surface area contributed by atoms with Gasteiger partial charge >= 0.3 is 0 Å². The quantitative estimate of drug-likeness (QED) is 0.165. The van der Waals surface area contributed by atoms with Gasteiger partial charge in [0.15, 0.2) is 0 Å². The number of hydrogen-bond donors (Lipinski definition) is 0. The van der Waals surface area contributed by atoms with Crippen LogP contribution in [0.1, 0.15) is 97.9 Å². The molecule has 276 valence electrons. The highest BCUT2D eigenvalue weighted by atomic mass is 15.1. The summed E-state index contributed by atoms with van der Waals surface area (Å²) >= 11 is 0. The molecule has 0 amide bonds. The minimum absolute atomic E-state index is 0.0950. The van der Waals surface area contributed by atoms with Gasteiger partial charge in [-0.1, -0.05) is 155 Å². The third-order valence-electron chi connectivity index (χ3n) is 13.6. The molecule has 0 N–H and O–H groups in total. The van der Waals surface area contributed by atoms with Gasteiger partial charge in [-0.15, -0.1) is 0 Å². The molecule has 0 fully saturated rings. The van der Waals surface area contributed by atoms with Gasteiger partial charge in [-0.25, -0.2) is 0 Å². The molecule has 0 atom stereocenters. The second-order valence-corrected chi connectivity index (χ2v) is 17.8. The Hall–Kier alpha value is -5.66. The maximum absolute atomic E-state index is 2.58. The molecule has 7 aromatic carbocycles. The van der Waals surface area contributed by atoms with Crippen molar-refractivity contribution in [1.82, 2.24) is 0 Å². The Kier molecular flexibility index (Phi) is 8.22. The first-order valence-electron chi connectivity index (χ1n) is 20.8. The van der Waals surface area contributed by atoms with Crippen LogP contribution in [0.4, 0.5) is 17.1 Å². The maximum Gasteiger partial charge on any atom is 0.0714 e. The first kappa shape index (κ1) is 34.8. The third-order valence-corrected chi connectivity index (χ3v) is 13.6. The summed E-state index contributed by atoms with van der Waals surface area (Å²) in [4.78, 5) is 2.56. The van der Waals surface area contributed by atoms with Crippen molar-refractivity contribution in [2.75, 3.05) is 4.90 Å².